The van der Waals surface area contributed by atoms with Crippen LogP contribution in [0.1, 0.15) is 32.3 Å². The number of urea groups is 1. The van der Waals surface area contributed by atoms with Gasteiger partial charge in [-0.15, -0.1) is 0 Å². The summed E-state index contributed by atoms with van der Waals surface area (Å²) in [4.78, 5) is 27.0. The lowest BCUT2D eigenvalue weighted by Gasteiger charge is -2.42. The summed E-state index contributed by atoms with van der Waals surface area (Å²) in [5.41, 5.74) is 0.995. The molecule has 1 aliphatic carbocycles. The first-order valence-electron chi connectivity index (χ1n) is 8.68. The van der Waals surface area contributed by atoms with Gasteiger partial charge in [0.05, 0.1) is 6.54 Å². The number of likely N-dealkylation sites (N-methyl/N-ethyl adjacent to an activating group) is 1. The van der Waals surface area contributed by atoms with E-state index in [0.29, 0.717) is 24.7 Å². The van der Waals surface area contributed by atoms with Crippen molar-refractivity contribution >= 4 is 23.6 Å². The van der Waals surface area contributed by atoms with Crippen molar-refractivity contribution in [2.45, 2.75) is 45.3 Å². The lowest BCUT2D eigenvalue weighted by atomic mass is 9.85. The highest BCUT2D eigenvalue weighted by Gasteiger charge is 2.35. The summed E-state index contributed by atoms with van der Waals surface area (Å²) in [7, 11) is 0. The minimum atomic E-state index is -0.812. The van der Waals surface area contributed by atoms with Gasteiger partial charge in [-0.25, -0.2) is 4.79 Å². The number of amides is 2. The number of carboxylic acids is 1. The predicted octanol–water partition coefficient (Wildman–Crippen LogP) is 2.81. The van der Waals surface area contributed by atoms with Gasteiger partial charge in [0.15, 0.2) is 0 Å². The second kappa shape index (κ2) is 9.06. The number of hydrogen-bond donors (Lipinski definition) is 2. The van der Waals surface area contributed by atoms with Crippen molar-refractivity contribution in [2.24, 2.45) is 0 Å². The Balaban J connectivity index is 1.82. The summed E-state index contributed by atoms with van der Waals surface area (Å²) in [6.45, 7) is 5.77. The van der Waals surface area contributed by atoms with E-state index in [4.69, 9.17) is 16.7 Å². The summed E-state index contributed by atoms with van der Waals surface area (Å²) in [5.74, 6) is -0.812. The molecule has 2 amide bonds. The van der Waals surface area contributed by atoms with Crippen LogP contribution in [0, 0.1) is 0 Å². The van der Waals surface area contributed by atoms with E-state index in [0.717, 1.165) is 18.4 Å². The van der Waals surface area contributed by atoms with Crippen molar-refractivity contribution in [1.29, 1.82) is 0 Å². The van der Waals surface area contributed by atoms with E-state index in [-0.39, 0.29) is 24.7 Å². The van der Waals surface area contributed by atoms with Crippen LogP contribution in [0.4, 0.5) is 4.79 Å². The molecular weight excluding hydrogens is 342 g/mol. The first kappa shape index (κ1) is 19.5. The second-order valence-corrected chi connectivity index (χ2v) is 6.81. The molecule has 0 aliphatic heterocycles. The van der Waals surface area contributed by atoms with Crippen LogP contribution in [0.15, 0.2) is 24.3 Å². The number of halogens is 1. The van der Waals surface area contributed by atoms with Crippen molar-refractivity contribution in [3.05, 3.63) is 34.9 Å². The summed E-state index contributed by atoms with van der Waals surface area (Å²) in [6, 6.07) is 7.75. The standard InChI is InChI=1S/C18H26ClN3O3/c1-3-21(12-17(23)24)16-9-15(10-16)20-18(25)22(4-2)11-13-6-5-7-14(19)8-13/h5-8,15-16H,3-4,9-12H2,1-2H3,(H,20,25)(H,23,24). The molecule has 0 aromatic heterocycles. The zero-order valence-electron chi connectivity index (χ0n) is 14.7. The van der Waals surface area contributed by atoms with Crippen LogP contribution in [-0.4, -0.2) is 58.6 Å². The average Bonchev–Trinajstić information content (AvgIpc) is 2.53. The van der Waals surface area contributed by atoms with Crippen molar-refractivity contribution < 1.29 is 14.7 Å². The molecule has 0 saturated heterocycles. The molecule has 0 spiro atoms. The Labute approximate surface area is 153 Å². The molecule has 1 aliphatic rings. The van der Waals surface area contributed by atoms with E-state index in [1.165, 1.54) is 0 Å². The van der Waals surface area contributed by atoms with Gasteiger partial charge < -0.3 is 15.3 Å². The van der Waals surface area contributed by atoms with Gasteiger partial charge in [0.2, 0.25) is 0 Å². The molecule has 0 bridgehead atoms. The molecule has 2 rings (SSSR count). The maximum absolute atomic E-state index is 12.5. The number of carbonyl (C=O) groups is 2. The van der Waals surface area contributed by atoms with Crippen LogP contribution in [0.25, 0.3) is 0 Å². The molecule has 1 aromatic rings. The molecule has 2 N–H and O–H groups in total. The van der Waals surface area contributed by atoms with Crippen molar-refractivity contribution in [3.8, 4) is 0 Å². The number of nitrogens with one attached hydrogen (secondary N) is 1. The Morgan fingerprint density at radius 3 is 2.56 bits per heavy atom. The third-order valence-electron chi connectivity index (χ3n) is 4.63. The summed E-state index contributed by atoms with van der Waals surface area (Å²) >= 11 is 6.00. The molecule has 0 atom stereocenters. The quantitative estimate of drug-likeness (QED) is 0.741. The first-order chi connectivity index (χ1) is 11.9. The fourth-order valence-corrected chi connectivity index (χ4v) is 3.34. The van der Waals surface area contributed by atoms with Crippen LogP contribution < -0.4 is 5.32 Å². The molecular formula is C18H26ClN3O3. The van der Waals surface area contributed by atoms with E-state index in [9.17, 15) is 9.59 Å². The Kier molecular flexibility index (Phi) is 7.08. The molecule has 138 valence electrons. The first-order valence-corrected chi connectivity index (χ1v) is 9.06. The van der Waals surface area contributed by atoms with Crippen LogP contribution >= 0.6 is 11.6 Å². The van der Waals surface area contributed by atoms with E-state index < -0.39 is 5.97 Å². The molecule has 6 nitrogen and oxygen atoms in total. The Morgan fingerprint density at radius 2 is 2.00 bits per heavy atom. The lowest BCUT2D eigenvalue weighted by molar-refractivity contribution is -0.139. The number of hydrogen-bond acceptors (Lipinski definition) is 3. The monoisotopic (exact) mass is 367 g/mol. The van der Waals surface area contributed by atoms with Gasteiger partial charge in [0, 0.05) is 30.2 Å². The predicted molar refractivity (Wildman–Crippen MR) is 97.8 cm³/mol. The SMILES string of the molecule is CCN(Cc1cccc(Cl)c1)C(=O)NC1CC(N(CC)CC(=O)O)C1. The Bertz CT molecular complexity index is 605. The smallest absolute Gasteiger partial charge is 0.317 e. The van der Waals surface area contributed by atoms with Crippen molar-refractivity contribution in [3.63, 3.8) is 0 Å². The average molecular weight is 368 g/mol. The van der Waals surface area contributed by atoms with Gasteiger partial charge in [-0.2, -0.15) is 0 Å². The van der Waals surface area contributed by atoms with Crippen LogP contribution in [0.2, 0.25) is 5.02 Å². The van der Waals surface area contributed by atoms with Gasteiger partial charge in [-0.3, -0.25) is 9.69 Å². The van der Waals surface area contributed by atoms with Gasteiger partial charge in [-0.1, -0.05) is 30.7 Å². The van der Waals surface area contributed by atoms with Gasteiger partial charge in [0.25, 0.3) is 0 Å². The van der Waals surface area contributed by atoms with Crippen LogP contribution in [0.3, 0.4) is 0 Å². The second-order valence-electron chi connectivity index (χ2n) is 6.37. The van der Waals surface area contributed by atoms with E-state index >= 15 is 0 Å². The zero-order chi connectivity index (χ0) is 18.4. The number of carbonyl (C=O) groups excluding carboxylic acids is 1. The van der Waals surface area contributed by atoms with Gasteiger partial charge in [0.1, 0.15) is 0 Å². The summed E-state index contributed by atoms with van der Waals surface area (Å²) in [5, 5.41) is 12.6. The number of nitrogens with zero attached hydrogens (tertiary/aromatic N) is 2. The van der Waals surface area contributed by atoms with E-state index in [1.807, 2.05) is 43.0 Å². The van der Waals surface area contributed by atoms with Gasteiger partial charge >= 0.3 is 12.0 Å². The zero-order valence-corrected chi connectivity index (χ0v) is 15.5. The minimum Gasteiger partial charge on any atom is -0.480 e. The third kappa shape index (κ3) is 5.61. The van der Waals surface area contributed by atoms with Crippen molar-refractivity contribution in [2.75, 3.05) is 19.6 Å². The molecule has 25 heavy (non-hydrogen) atoms. The number of rotatable bonds is 8. The molecule has 1 aromatic carbocycles. The minimum absolute atomic E-state index is 0.0533. The highest BCUT2D eigenvalue weighted by Crippen LogP contribution is 2.26. The largest absolute Gasteiger partial charge is 0.480 e. The fourth-order valence-electron chi connectivity index (χ4n) is 3.13. The van der Waals surface area contributed by atoms with E-state index in [1.54, 1.807) is 4.90 Å². The number of benzene rings is 1. The summed E-state index contributed by atoms with van der Waals surface area (Å²) in [6.07, 6.45) is 1.59. The topological polar surface area (TPSA) is 72.9 Å². The third-order valence-corrected chi connectivity index (χ3v) is 4.87. The normalized spacial score (nSPS) is 19.4. The maximum Gasteiger partial charge on any atom is 0.317 e. The van der Waals surface area contributed by atoms with Gasteiger partial charge in [-0.05, 0) is 44.0 Å². The number of aliphatic carboxylic acids is 1. The van der Waals surface area contributed by atoms with Crippen molar-refractivity contribution in [1.82, 2.24) is 15.1 Å². The molecule has 1 fully saturated rings. The Hall–Kier alpha value is -1.79. The Morgan fingerprint density at radius 1 is 1.28 bits per heavy atom. The molecule has 7 heteroatoms. The molecule has 0 unspecified atom stereocenters. The lowest BCUT2D eigenvalue weighted by Crippen LogP contribution is -2.56. The molecule has 0 radical (unpaired) electrons. The number of carboxylic acid groups (broad SMARTS) is 1. The summed E-state index contributed by atoms with van der Waals surface area (Å²) < 4.78 is 0. The fraction of sp³-hybridized carbons (Fsp3) is 0.556. The van der Waals surface area contributed by atoms with E-state index in [2.05, 4.69) is 5.32 Å². The highest BCUT2D eigenvalue weighted by atomic mass is 35.5. The maximum atomic E-state index is 12.5. The molecule has 1 saturated carbocycles. The highest BCUT2D eigenvalue weighted by molar-refractivity contribution is 6.30. The van der Waals surface area contributed by atoms with Crippen LogP contribution in [-0.2, 0) is 11.3 Å². The van der Waals surface area contributed by atoms with Crippen LogP contribution in [0.5, 0.6) is 0 Å². The molecule has 0 heterocycles.